The maximum absolute atomic E-state index is 12.5. The van der Waals surface area contributed by atoms with Crippen molar-refractivity contribution in [3.8, 4) is 0 Å². The van der Waals surface area contributed by atoms with Crippen LogP contribution in [-0.4, -0.2) is 52.6 Å². The molecule has 0 aromatic rings. The monoisotopic (exact) mass is 282 g/mol. The molecule has 0 aliphatic carbocycles. The summed E-state index contributed by atoms with van der Waals surface area (Å²) in [4.78, 5) is 27.2. The van der Waals surface area contributed by atoms with Gasteiger partial charge in [-0.1, -0.05) is 26.3 Å². The third-order valence-corrected chi connectivity index (χ3v) is 3.93. The highest BCUT2D eigenvalue weighted by atomic mass is 16.4. The van der Waals surface area contributed by atoms with E-state index in [0.717, 1.165) is 19.3 Å². The fourth-order valence-electron chi connectivity index (χ4n) is 2.74. The van der Waals surface area contributed by atoms with Crippen LogP contribution in [0.1, 0.15) is 39.5 Å². The van der Waals surface area contributed by atoms with Crippen molar-refractivity contribution in [2.45, 2.75) is 45.6 Å². The molecule has 1 rings (SSSR count). The quantitative estimate of drug-likeness (QED) is 0.762. The second kappa shape index (κ2) is 7.92. The van der Waals surface area contributed by atoms with Crippen LogP contribution in [0.15, 0.2) is 12.7 Å². The zero-order chi connectivity index (χ0) is 15.1. The van der Waals surface area contributed by atoms with Crippen molar-refractivity contribution < 1.29 is 14.7 Å². The molecular formula is C15H26N2O3. The largest absolute Gasteiger partial charge is 0.480 e. The average molecular weight is 282 g/mol. The van der Waals surface area contributed by atoms with Crippen molar-refractivity contribution in [1.82, 2.24) is 9.80 Å². The molecule has 114 valence electrons. The van der Waals surface area contributed by atoms with Gasteiger partial charge < -0.3 is 14.9 Å². The Labute approximate surface area is 121 Å². The third-order valence-electron chi connectivity index (χ3n) is 3.93. The van der Waals surface area contributed by atoms with Gasteiger partial charge in [-0.05, 0) is 25.2 Å². The number of urea groups is 1. The number of likely N-dealkylation sites (tertiary alicyclic amines) is 1. The van der Waals surface area contributed by atoms with Gasteiger partial charge in [0.2, 0.25) is 0 Å². The van der Waals surface area contributed by atoms with Crippen LogP contribution in [0.25, 0.3) is 0 Å². The lowest BCUT2D eigenvalue weighted by molar-refractivity contribution is -0.144. The van der Waals surface area contributed by atoms with Gasteiger partial charge in [-0.25, -0.2) is 9.59 Å². The van der Waals surface area contributed by atoms with Gasteiger partial charge in [-0.2, -0.15) is 0 Å². The van der Waals surface area contributed by atoms with Crippen molar-refractivity contribution in [1.29, 1.82) is 0 Å². The highest BCUT2D eigenvalue weighted by Crippen LogP contribution is 2.26. The van der Waals surface area contributed by atoms with Gasteiger partial charge >= 0.3 is 12.0 Å². The summed E-state index contributed by atoms with van der Waals surface area (Å²) in [6.07, 6.45) is 4.95. The molecule has 2 unspecified atom stereocenters. The molecule has 0 bridgehead atoms. The Kier molecular flexibility index (Phi) is 6.55. The van der Waals surface area contributed by atoms with E-state index in [1.807, 2.05) is 6.92 Å². The lowest BCUT2D eigenvalue weighted by atomic mass is 9.89. The highest BCUT2D eigenvalue weighted by Gasteiger charge is 2.37. The predicted octanol–water partition coefficient (Wildman–Crippen LogP) is 2.58. The standard InChI is InChI=1S/C15H26N2O3/c1-4-8-16(9-5-2)15(20)17-10-7-12(6-3)11-13(17)14(18)19/h4,12-13H,1,5-11H2,2-3H3,(H,18,19). The van der Waals surface area contributed by atoms with Crippen LogP contribution in [-0.2, 0) is 4.79 Å². The Bertz CT molecular complexity index is 357. The van der Waals surface area contributed by atoms with E-state index in [9.17, 15) is 14.7 Å². The van der Waals surface area contributed by atoms with Crippen LogP contribution < -0.4 is 0 Å². The number of hydrogen-bond donors (Lipinski definition) is 1. The lowest BCUT2D eigenvalue weighted by Crippen LogP contribution is -2.54. The molecule has 20 heavy (non-hydrogen) atoms. The fraction of sp³-hybridized carbons (Fsp3) is 0.733. The number of carboxylic acids is 1. The molecule has 0 radical (unpaired) electrons. The smallest absolute Gasteiger partial charge is 0.326 e. The molecule has 0 saturated carbocycles. The topological polar surface area (TPSA) is 60.9 Å². The lowest BCUT2D eigenvalue weighted by Gasteiger charge is -2.39. The number of hydrogen-bond acceptors (Lipinski definition) is 2. The maximum atomic E-state index is 12.5. The molecular weight excluding hydrogens is 256 g/mol. The van der Waals surface area contributed by atoms with Crippen LogP contribution in [0.3, 0.4) is 0 Å². The molecule has 0 aromatic carbocycles. The second-order valence-corrected chi connectivity index (χ2v) is 5.36. The fourth-order valence-corrected chi connectivity index (χ4v) is 2.74. The van der Waals surface area contributed by atoms with Gasteiger partial charge in [-0.3, -0.25) is 0 Å². The minimum Gasteiger partial charge on any atom is -0.480 e. The van der Waals surface area contributed by atoms with E-state index in [-0.39, 0.29) is 6.03 Å². The van der Waals surface area contributed by atoms with Crippen LogP contribution in [0.4, 0.5) is 4.79 Å². The number of piperidine rings is 1. The first-order valence-corrected chi connectivity index (χ1v) is 7.44. The second-order valence-electron chi connectivity index (χ2n) is 5.36. The highest BCUT2D eigenvalue weighted by molar-refractivity contribution is 5.83. The zero-order valence-electron chi connectivity index (χ0n) is 12.5. The minimum absolute atomic E-state index is 0.172. The molecule has 1 saturated heterocycles. The van der Waals surface area contributed by atoms with E-state index in [1.165, 1.54) is 4.90 Å². The van der Waals surface area contributed by atoms with Gasteiger partial charge in [0, 0.05) is 19.6 Å². The number of carboxylic acid groups (broad SMARTS) is 1. The summed E-state index contributed by atoms with van der Waals surface area (Å²) >= 11 is 0. The Hall–Kier alpha value is -1.52. The SMILES string of the molecule is C=CCN(CCC)C(=O)N1CCC(CC)CC1C(=O)O. The van der Waals surface area contributed by atoms with Crippen molar-refractivity contribution in [2.24, 2.45) is 5.92 Å². The van der Waals surface area contributed by atoms with Crippen molar-refractivity contribution >= 4 is 12.0 Å². The van der Waals surface area contributed by atoms with Gasteiger partial charge in [0.1, 0.15) is 6.04 Å². The molecule has 5 nitrogen and oxygen atoms in total. The minimum atomic E-state index is -0.897. The molecule has 1 N–H and O–H groups in total. The summed E-state index contributed by atoms with van der Waals surface area (Å²) in [6.45, 7) is 9.36. The van der Waals surface area contributed by atoms with Gasteiger partial charge in [0.25, 0.3) is 0 Å². The first kappa shape index (κ1) is 16.5. The van der Waals surface area contributed by atoms with Crippen LogP contribution in [0.5, 0.6) is 0 Å². The first-order chi connectivity index (χ1) is 9.54. The molecule has 1 aliphatic heterocycles. The Morgan fingerprint density at radius 3 is 2.65 bits per heavy atom. The summed E-state index contributed by atoms with van der Waals surface area (Å²) in [6, 6.07) is -0.862. The summed E-state index contributed by atoms with van der Waals surface area (Å²) in [7, 11) is 0. The van der Waals surface area contributed by atoms with Crippen LogP contribution in [0, 0.1) is 5.92 Å². The zero-order valence-corrected chi connectivity index (χ0v) is 12.5. The molecule has 5 heteroatoms. The first-order valence-electron chi connectivity index (χ1n) is 7.44. The molecule has 2 amide bonds. The number of amides is 2. The van der Waals surface area contributed by atoms with Crippen LogP contribution in [0.2, 0.25) is 0 Å². The summed E-state index contributed by atoms with van der Waals surface area (Å²) in [5.74, 6) is -0.495. The van der Waals surface area contributed by atoms with E-state index in [1.54, 1.807) is 11.0 Å². The summed E-state index contributed by atoms with van der Waals surface area (Å²) in [5, 5.41) is 9.38. The van der Waals surface area contributed by atoms with Gasteiger partial charge in [0.05, 0.1) is 0 Å². The van der Waals surface area contributed by atoms with Crippen molar-refractivity contribution in [3.05, 3.63) is 12.7 Å². The number of rotatable bonds is 6. The van der Waals surface area contributed by atoms with E-state index < -0.39 is 12.0 Å². The predicted molar refractivity (Wildman–Crippen MR) is 78.6 cm³/mol. The van der Waals surface area contributed by atoms with Gasteiger partial charge in [-0.15, -0.1) is 6.58 Å². The Morgan fingerprint density at radius 2 is 2.15 bits per heavy atom. The van der Waals surface area contributed by atoms with Crippen molar-refractivity contribution in [3.63, 3.8) is 0 Å². The summed E-state index contributed by atoms with van der Waals surface area (Å²) in [5.41, 5.74) is 0. The van der Waals surface area contributed by atoms with E-state index in [2.05, 4.69) is 13.5 Å². The van der Waals surface area contributed by atoms with E-state index >= 15 is 0 Å². The van der Waals surface area contributed by atoms with Crippen molar-refractivity contribution in [2.75, 3.05) is 19.6 Å². The van der Waals surface area contributed by atoms with Crippen LogP contribution >= 0.6 is 0 Å². The Balaban J connectivity index is 2.82. The average Bonchev–Trinajstić information content (AvgIpc) is 2.45. The molecule has 0 aromatic heterocycles. The maximum Gasteiger partial charge on any atom is 0.326 e. The number of carbonyl (C=O) groups excluding carboxylic acids is 1. The van der Waals surface area contributed by atoms with E-state index in [0.29, 0.717) is 32.0 Å². The summed E-state index contributed by atoms with van der Waals surface area (Å²) < 4.78 is 0. The number of aliphatic carboxylic acids is 1. The third kappa shape index (κ3) is 3.99. The molecule has 1 fully saturated rings. The molecule has 0 spiro atoms. The van der Waals surface area contributed by atoms with E-state index in [4.69, 9.17) is 0 Å². The van der Waals surface area contributed by atoms with Gasteiger partial charge in [0.15, 0.2) is 0 Å². The molecule has 2 atom stereocenters. The normalized spacial score (nSPS) is 22.4. The Morgan fingerprint density at radius 1 is 1.45 bits per heavy atom. The molecule has 1 aliphatic rings. The molecule has 1 heterocycles. The number of carbonyl (C=O) groups is 2. The number of nitrogens with zero attached hydrogens (tertiary/aromatic N) is 2.